The lowest BCUT2D eigenvalue weighted by molar-refractivity contribution is -0.140. The van der Waals surface area contributed by atoms with Crippen LogP contribution in [0.4, 0.5) is 8.78 Å². The van der Waals surface area contributed by atoms with Crippen LogP contribution in [0.1, 0.15) is 23.5 Å². The Morgan fingerprint density at radius 1 is 0.917 bits per heavy atom. The van der Waals surface area contributed by atoms with Crippen LogP contribution in [0.25, 0.3) is 22.3 Å². The average Bonchev–Trinajstić information content (AvgIpc) is 2.83. The van der Waals surface area contributed by atoms with Gasteiger partial charge >= 0.3 is 5.97 Å². The van der Waals surface area contributed by atoms with Crippen molar-refractivity contribution in [2.45, 2.75) is 12.3 Å². The average molecular weight is 500 g/mol. The lowest BCUT2D eigenvalue weighted by atomic mass is 9.86. The second-order valence-corrected chi connectivity index (χ2v) is 7.85. The number of phenolic OH excluding ortho intramolecular Hbond substituents is 4. The Kier molecular flexibility index (Phi) is 6.15. The second kappa shape index (κ2) is 9.10. The van der Waals surface area contributed by atoms with Crippen molar-refractivity contribution in [2.24, 2.45) is 0 Å². The van der Waals surface area contributed by atoms with Gasteiger partial charge in [-0.2, -0.15) is 0 Å². The Hall–Kier alpha value is -4.80. The Labute approximate surface area is 200 Å². The topological polar surface area (TPSA) is 158 Å². The normalized spacial score (nSPS) is 12.0. The van der Waals surface area contributed by atoms with Crippen LogP contribution in [-0.2, 0) is 9.53 Å². The minimum Gasteiger partial charge on any atom is -0.507 e. The lowest BCUT2D eigenvalue weighted by Gasteiger charge is -2.20. The van der Waals surface area contributed by atoms with Crippen LogP contribution >= 0.6 is 0 Å². The molecule has 0 radical (unpaired) electrons. The molecule has 4 aromatic rings. The van der Waals surface area contributed by atoms with Gasteiger partial charge in [-0.15, -0.1) is 0 Å². The fourth-order valence-corrected chi connectivity index (χ4v) is 3.91. The Morgan fingerprint density at radius 2 is 1.64 bits per heavy atom. The number of halogens is 2. The summed E-state index contributed by atoms with van der Waals surface area (Å²) in [6, 6.07) is 6.80. The molecule has 0 unspecified atom stereocenters. The van der Waals surface area contributed by atoms with E-state index in [2.05, 4.69) is 0 Å². The number of phenols is 4. The van der Waals surface area contributed by atoms with Gasteiger partial charge in [-0.05, 0) is 35.9 Å². The lowest BCUT2D eigenvalue weighted by Crippen LogP contribution is -2.13. The highest BCUT2D eigenvalue weighted by Gasteiger charge is 2.30. The highest BCUT2D eigenvalue weighted by atomic mass is 19.2. The summed E-state index contributed by atoms with van der Waals surface area (Å²) in [5.74, 6) is -8.46. The van der Waals surface area contributed by atoms with Crippen molar-refractivity contribution in [3.8, 4) is 40.1 Å². The van der Waals surface area contributed by atoms with E-state index < -0.39 is 80.8 Å². The zero-order valence-electron chi connectivity index (χ0n) is 18.5. The summed E-state index contributed by atoms with van der Waals surface area (Å²) >= 11 is 0. The van der Waals surface area contributed by atoms with Gasteiger partial charge in [0.2, 0.25) is 11.2 Å². The SMILES string of the molecule is COC(=O)C[C@H](c1ccc(F)c(F)c1)c1c(O)cc(O)c2c(=O)c(O)c(-c3ccc(O)c(O)c3)oc12. The molecule has 0 aliphatic rings. The van der Waals surface area contributed by atoms with E-state index in [1.54, 1.807) is 0 Å². The van der Waals surface area contributed by atoms with Crippen LogP contribution in [0.5, 0.6) is 28.7 Å². The summed E-state index contributed by atoms with van der Waals surface area (Å²) in [6.07, 6.45) is -0.519. The zero-order chi connectivity index (χ0) is 26.3. The third kappa shape index (κ3) is 4.11. The summed E-state index contributed by atoms with van der Waals surface area (Å²) < 4.78 is 38.1. The van der Waals surface area contributed by atoms with Crippen LogP contribution in [0.3, 0.4) is 0 Å². The molecule has 1 heterocycles. The van der Waals surface area contributed by atoms with Crippen LogP contribution in [-0.4, -0.2) is 38.6 Å². The van der Waals surface area contributed by atoms with Crippen molar-refractivity contribution >= 4 is 16.9 Å². The summed E-state index contributed by atoms with van der Waals surface area (Å²) in [5, 5.41) is 50.5. The Morgan fingerprint density at radius 3 is 2.28 bits per heavy atom. The van der Waals surface area contributed by atoms with E-state index in [-0.39, 0.29) is 16.7 Å². The van der Waals surface area contributed by atoms with Gasteiger partial charge in [-0.1, -0.05) is 6.07 Å². The number of methoxy groups -OCH3 is 1. The summed E-state index contributed by atoms with van der Waals surface area (Å²) in [4.78, 5) is 25.2. The summed E-state index contributed by atoms with van der Waals surface area (Å²) in [7, 11) is 1.09. The van der Waals surface area contributed by atoms with E-state index in [1.807, 2.05) is 0 Å². The molecule has 5 N–H and O–H groups in total. The van der Waals surface area contributed by atoms with Gasteiger partial charge in [0.25, 0.3) is 0 Å². The molecule has 1 aromatic heterocycles. The number of ether oxygens (including phenoxy) is 1. The monoisotopic (exact) mass is 500 g/mol. The van der Waals surface area contributed by atoms with Crippen molar-refractivity contribution in [2.75, 3.05) is 7.11 Å². The van der Waals surface area contributed by atoms with Crippen molar-refractivity contribution in [3.63, 3.8) is 0 Å². The molecule has 0 aliphatic carbocycles. The number of fused-ring (bicyclic) bond motifs is 1. The molecule has 1 atom stereocenters. The molecule has 3 aromatic carbocycles. The van der Waals surface area contributed by atoms with Crippen molar-refractivity contribution in [1.82, 2.24) is 0 Å². The molecule has 36 heavy (non-hydrogen) atoms. The van der Waals surface area contributed by atoms with Gasteiger partial charge in [0.1, 0.15) is 22.5 Å². The zero-order valence-corrected chi connectivity index (χ0v) is 18.5. The number of aromatic hydroxyl groups is 5. The molecule has 9 nitrogen and oxygen atoms in total. The third-order valence-corrected chi connectivity index (χ3v) is 5.67. The minimum absolute atomic E-state index is 0.00106. The molecule has 186 valence electrons. The summed E-state index contributed by atoms with van der Waals surface area (Å²) in [6.45, 7) is 0. The van der Waals surface area contributed by atoms with Crippen molar-refractivity contribution < 1.29 is 48.3 Å². The van der Waals surface area contributed by atoms with Gasteiger partial charge in [-0.25, -0.2) is 8.78 Å². The molecule has 0 saturated heterocycles. The first-order valence-corrected chi connectivity index (χ1v) is 10.3. The van der Waals surface area contributed by atoms with Crippen molar-refractivity contribution in [1.29, 1.82) is 0 Å². The van der Waals surface area contributed by atoms with Crippen molar-refractivity contribution in [3.05, 3.63) is 75.4 Å². The highest BCUT2D eigenvalue weighted by molar-refractivity contribution is 5.92. The Balaban J connectivity index is 2.09. The van der Waals surface area contributed by atoms with Crippen LogP contribution in [0.15, 0.2) is 51.7 Å². The van der Waals surface area contributed by atoms with Gasteiger partial charge in [-0.3, -0.25) is 9.59 Å². The van der Waals surface area contributed by atoms with E-state index in [4.69, 9.17) is 9.15 Å². The fraction of sp³-hybridized carbons (Fsp3) is 0.120. The van der Waals surface area contributed by atoms with Crippen LogP contribution in [0, 0.1) is 11.6 Å². The number of hydrogen-bond acceptors (Lipinski definition) is 9. The fourth-order valence-electron chi connectivity index (χ4n) is 3.91. The smallest absolute Gasteiger partial charge is 0.306 e. The molecule has 4 rings (SSSR count). The van der Waals surface area contributed by atoms with E-state index in [1.165, 1.54) is 6.07 Å². The second-order valence-electron chi connectivity index (χ2n) is 7.85. The first-order chi connectivity index (χ1) is 17.0. The van der Waals surface area contributed by atoms with Gasteiger partial charge in [0, 0.05) is 23.1 Å². The Bertz CT molecular complexity index is 1580. The molecular formula is C25H18F2O9. The number of carbonyl (C=O) groups excluding carboxylic acids is 1. The quantitative estimate of drug-likeness (QED) is 0.202. The molecule has 0 amide bonds. The molecule has 0 spiro atoms. The van der Waals surface area contributed by atoms with Gasteiger partial charge in [0.05, 0.1) is 13.5 Å². The standard InChI is InChI=1S/C25H18F2O9/c1-35-19(32)8-12(10-2-4-13(26)14(27)6-10)20-17(30)9-18(31)21-22(33)23(34)24(36-25(20)21)11-3-5-15(28)16(29)7-11/h2-7,9,12,28-31,34H,8H2,1H3/t12-/m1/s1. The summed E-state index contributed by atoms with van der Waals surface area (Å²) in [5.41, 5.74) is -1.93. The van der Waals surface area contributed by atoms with Crippen LogP contribution in [0.2, 0.25) is 0 Å². The van der Waals surface area contributed by atoms with E-state index in [0.29, 0.717) is 0 Å². The predicted molar refractivity (Wildman–Crippen MR) is 121 cm³/mol. The van der Waals surface area contributed by atoms with Gasteiger partial charge < -0.3 is 34.7 Å². The number of carbonyl (C=O) groups is 1. The molecular weight excluding hydrogens is 482 g/mol. The predicted octanol–water partition coefficient (Wildman–Crippen LogP) is 3.96. The van der Waals surface area contributed by atoms with E-state index in [9.17, 15) is 43.9 Å². The van der Waals surface area contributed by atoms with E-state index in [0.717, 1.165) is 43.5 Å². The van der Waals surface area contributed by atoms with Gasteiger partial charge in [0.15, 0.2) is 28.9 Å². The molecule has 0 saturated carbocycles. The maximum atomic E-state index is 14.1. The number of hydrogen-bond donors (Lipinski definition) is 5. The first kappa shape index (κ1) is 24.3. The minimum atomic E-state index is -1.26. The molecule has 0 fully saturated rings. The maximum absolute atomic E-state index is 14.1. The number of esters is 1. The largest absolute Gasteiger partial charge is 0.507 e. The molecule has 0 bridgehead atoms. The first-order valence-electron chi connectivity index (χ1n) is 10.3. The number of rotatable bonds is 5. The third-order valence-electron chi connectivity index (χ3n) is 5.67. The van der Waals surface area contributed by atoms with Crippen LogP contribution < -0.4 is 5.43 Å². The molecule has 0 aliphatic heterocycles. The van der Waals surface area contributed by atoms with E-state index >= 15 is 0 Å². The number of benzene rings is 3. The molecule has 11 heteroatoms. The highest BCUT2D eigenvalue weighted by Crippen LogP contribution is 2.45. The maximum Gasteiger partial charge on any atom is 0.306 e.